The van der Waals surface area contributed by atoms with Crippen LogP contribution in [0.25, 0.3) is 0 Å². The third-order valence-corrected chi connectivity index (χ3v) is 2.13. The van der Waals surface area contributed by atoms with E-state index in [9.17, 15) is 4.79 Å². The zero-order valence-electron chi connectivity index (χ0n) is 8.67. The fourth-order valence-electron chi connectivity index (χ4n) is 1.41. The Labute approximate surface area is 83.2 Å². The number of hydrogen-bond acceptors (Lipinski definition) is 3. The molecule has 0 saturated carbocycles. The van der Waals surface area contributed by atoms with Gasteiger partial charge in [0.25, 0.3) is 5.56 Å². The standard InChI is InChI=1S/C8H10N2O2.C2H6/c1-2-10-4-3-6-7(5-10)12-9-8(6)11;1-2/h2H,1,3-5H2,(H,9,11);1-2H3. The van der Waals surface area contributed by atoms with E-state index in [1.54, 1.807) is 6.20 Å². The third kappa shape index (κ3) is 1.89. The van der Waals surface area contributed by atoms with Crippen LogP contribution in [0, 0.1) is 0 Å². The molecule has 1 N–H and O–H groups in total. The molecule has 0 radical (unpaired) electrons. The van der Waals surface area contributed by atoms with Gasteiger partial charge in [-0.2, -0.15) is 5.16 Å². The van der Waals surface area contributed by atoms with Gasteiger partial charge in [0.05, 0.1) is 12.1 Å². The molecule has 1 aromatic rings. The summed E-state index contributed by atoms with van der Waals surface area (Å²) in [5.74, 6) is 0.742. The van der Waals surface area contributed by atoms with Gasteiger partial charge in [-0.25, -0.2) is 0 Å². The van der Waals surface area contributed by atoms with Crippen LogP contribution in [-0.4, -0.2) is 16.6 Å². The molecule has 0 fully saturated rings. The Bertz CT molecular complexity index is 351. The number of nitrogens with one attached hydrogen (secondary N) is 1. The van der Waals surface area contributed by atoms with Gasteiger partial charge in [0.2, 0.25) is 0 Å². The van der Waals surface area contributed by atoms with Crippen LogP contribution < -0.4 is 5.56 Å². The minimum Gasteiger partial charge on any atom is -0.381 e. The van der Waals surface area contributed by atoms with E-state index < -0.39 is 0 Å². The highest BCUT2D eigenvalue weighted by Crippen LogP contribution is 2.14. The van der Waals surface area contributed by atoms with Crippen molar-refractivity contribution >= 4 is 0 Å². The minimum atomic E-state index is -0.0892. The van der Waals surface area contributed by atoms with Gasteiger partial charge in [0, 0.05) is 6.54 Å². The van der Waals surface area contributed by atoms with Crippen molar-refractivity contribution in [3.05, 3.63) is 34.5 Å². The molecule has 2 rings (SSSR count). The molecule has 1 aliphatic heterocycles. The fourth-order valence-corrected chi connectivity index (χ4v) is 1.41. The first kappa shape index (κ1) is 10.6. The summed E-state index contributed by atoms with van der Waals surface area (Å²) in [4.78, 5) is 13.1. The van der Waals surface area contributed by atoms with Gasteiger partial charge in [-0.1, -0.05) is 20.4 Å². The molecule has 0 bridgehead atoms. The number of aromatic nitrogens is 1. The molecular weight excluding hydrogens is 180 g/mol. The monoisotopic (exact) mass is 196 g/mol. The molecular formula is C10H16N2O2. The SMILES string of the molecule is C=CN1CCc2c(o[nH]c2=O)C1.CC. The van der Waals surface area contributed by atoms with E-state index in [1.165, 1.54) is 0 Å². The lowest BCUT2D eigenvalue weighted by molar-refractivity contribution is 0.281. The Morgan fingerprint density at radius 2 is 2.29 bits per heavy atom. The Kier molecular flexibility index (Phi) is 3.56. The highest BCUT2D eigenvalue weighted by molar-refractivity contribution is 5.17. The van der Waals surface area contributed by atoms with Crippen LogP contribution in [-0.2, 0) is 13.0 Å². The van der Waals surface area contributed by atoms with Gasteiger partial charge in [-0.3, -0.25) is 4.79 Å². The summed E-state index contributed by atoms with van der Waals surface area (Å²) in [5.41, 5.74) is 0.696. The number of nitrogens with zero attached hydrogens (tertiary/aromatic N) is 1. The van der Waals surface area contributed by atoms with Gasteiger partial charge in [0.15, 0.2) is 5.76 Å². The predicted octanol–water partition coefficient (Wildman–Crippen LogP) is 1.50. The quantitative estimate of drug-likeness (QED) is 0.740. The fraction of sp³-hybridized carbons (Fsp3) is 0.500. The Morgan fingerprint density at radius 3 is 2.93 bits per heavy atom. The maximum atomic E-state index is 11.1. The summed E-state index contributed by atoms with van der Waals surface area (Å²) < 4.78 is 4.99. The van der Waals surface area contributed by atoms with E-state index in [0.717, 1.165) is 24.3 Å². The second-order valence-electron chi connectivity index (χ2n) is 2.84. The molecule has 0 aromatic carbocycles. The van der Waals surface area contributed by atoms with Crippen molar-refractivity contribution in [1.29, 1.82) is 0 Å². The molecule has 1 aromatic heterocycles. The van der Waals surface area contributed by atoms with Crippen molar-refractivity contribution in [3.8, 4) is 0 Å². The summed E-state index contributed by atoms with van der Waals surface area (Å²) in [6, 6.07) is 0. The molecule has 0 spiro atoms. The second kappa shape index (κ2) is 4.69. The number of fused-ring (bicyclic) bond motifs is 1. The number of aromatic amines is 1. The van der Waals surface area contributed by atoms with Crippen LogP contribution in [0.5, 0.6) is 0 Å². The smallest absolute Gasteiger partial charge is 0.283 e. The first-order valence-corrected chi connectivity index (χ1v) is 4.87. The lowest BCUT2D eigenvalue weighted by atomic mass is 10.1. The molecule has 0 saturated heterocycles. The molecule has 78 valence electrons. The molecule has 0 amide bonds. The topological polar surface area (TPSA) is 49.2 Å². The van der Waals surface area contributed by atoms with Crippen molar-refractivity contribution in [2.24, 2.45) is 0 Å². The largest absolute Gasteiger partial charge is 0.381 e. The summed E-state index contributed by atoms with van der Waals surface area (Å²) in [5, 5.41) is 2.33. The average molecular weight is 196 g/mol. The van der Waals surface area contributed by atoms with E-state index in [-0.39, 0.29) is 5.56 Å². The average Bonchev–Trinajstić information content (AvgIpc) is 2.63. The van der Waals surface area contributed by atoms with Crippen LogP contribution in [0.2, 0.25) is 0 Å². The van der Waals surface area contributed by atoms with E-state index in [2.05, 4.69) is 11.7 Å². The zero-order chi connectivity index (χ0) is 10.6. The van der Waals surface area contributed by atoms with Gasteiger partial charge in [-0.15, -0.1) is 0 Å². The molecule has 4 heteroatoms. The van der Waals surface area contributed by atoms with Crippen LogP contribution in [0.1, 0.15) is 25.2 Å². The maximum Gasteiger partial charge on any atom is 0.283 e. The van der Waals surface area contributed by atoms with Gasteiger partial charge in [0.1, 0.15) is 0 Å². The highest BCUT2D eigenvalue weighted by Gasteiger charge is 2.19. The van der Waals surface area contributed by atoms with Crippen molar-refractivity contribution in [1.82, 2.24) is 10.1 Å². The lowest BCUT2D eigenvalue weighted by Gasteiger charge is -2.22. The van der Waals surface area contributed by atoms with Gasteiger partial charge in [-0.05, 0) is 12.6 Å². The molecule has 0 unspecified atom stereocenters. The first-order chi connectivity index (χ1) is 6.81. The van der Waals surface area contributed by atoms with E-state index in [0.29, 0.717) is 6.54 Å². The van der Waals surface area contributed by atoms with E-state index >= 15 is 0 Å². The molecule has 2 heterocycles. The minimum absolute atomic E-state index is 0.0892. The number of rotatable bonds is 1. The summed E-state index contributed by atoms with van der Waals surface area (Å²) in [7, 11) is 0. The molecule has 1 aliphatic rings. The van der Waals surface area contributed by atoms with Crippen LogP contribution in [0.4, 0.5) is 0 Å². The van der Waals surface area contributed by atoms with Crippen molar-refractivity contribution < 1.29 is 4.52 Å². The summed E-state index contributed by atoms with van der Waals surface area (Å²) in [6.45, 7) is 9.16. The van der Waals surface area contributed by atoms with Crippen molar-refractivity contribution in [3.63, 3.8) is 0 Å². The van der Waals surface area contributed by atoms with Crippen molar-refractivity contribution in [2.45, 2.75) is 26.8 Å². The van der Waals surface area contributed by atoms with E-state index in [4.69, 9.17) is 4.52 Å². The lowest BCUT2D eigenvalue weighted by Crippen LogP contribution is -2.27. The van der Waals surface area contributed by atoms with Crippen LogP contribution in [0.3, 0.4) is 0 Å². The van der Waals surface area contributed by atoms with Crippen LogP contribution in [0.15, 0.2) is 22.1 Å². The molecule has 0 atom stereocenters. The number of hydrogen-bond donors (Lipinski definition) is 1. The first-order valence-electron chi connectivity index (χ1n) is 4.87. The van der Waals surface area contributed by atoms with Gasteiger partial charge >= 0.3 is 0 Å². The predicted molar refractivity (Wildman–Crippen MR) is 55.0 cm³/mol. The Hall–Kier alpha value is -1.45. The number of H-pyrrole nitrogens is 1. The maximum absolute atomic E-state index is 11.1. The van der Waals surface area contributed by atoms with Gasteiger partial charge < -0.3 is 9.42 Å². The molecule has 0 aliphatic carbocycles. The third-order valence-electron chi connectivity index (χ3n) is 2.13. The Balaban J connectivity index is 0.000000461. The van der Waals surface area contributed by atoms with Crippen molar-refractivity contribution in [2.75, 3.05) is 6.54 Å². The normalized spacial score (nSPS) is 14.0. The highest BCUT2D eigenvalue weighted by atomic mass is 16.5. The second-order valence-corrected chi connectivity index (χ2v) is 2.84. The zero-order valence-corrected chi connectivity index (χ0v) is 8.67. The summed E-state index contributed by atoms with van der Waals surface area (Å²) >= 11 is 0. The van der Waals surface area contributed by atoms with Crippen LogP contribution >= 0.6 is 0 Å². The van der Waals surface area contributed by atoms with E-state index in [1.807, 2.05) is 18.7 Å². The Morgan fingerprint density at radius 1 is 1.57 bits per heavy atom. The molecule has 14 heavy (non-hydrogen) atoms. The summed E-state index contributed by atoms with van der Waals surface area (Å²) in [6.07, 6.45) is 2.50. The molecule has 4 nitrogen and oxygen atoms in total.